The van der Waals surface area contributed by atoms with E-state index in [2.05, 4.69) is 26.3 Å². The maximum Gasteiger partial charge on any atom is 0.406 e. The first kappa shape index (κ1) is 22.0. The van der Waals surface area contributed by atoms with Crippen LogP contribution in [0.4, 0.5) is 9.18 Å². The van der Waals surface area contributed by atoms with E-state index in [4.69, 9.17) is 14.2 Å². The molecule has 0 aliphatic rings. The Morgan fingerprint density at radius 2 is 2.00 bits per heavy atom. The molecule has 0 aliphatic carbocycles. The molecule has 160 valence electrons. The van der Waals surface area contributed by atoms with Crippen LogP contribution in [0.5, 0.6) is 5.75 Å². The number of rotatable bonds is 9. The van der Waals surface area contributed by atoms with Crippen LogP contribution < -0.4 is 10.1 Å². The summed E-state index contributed by atoms with van der Waals surface area (Å²) in [6.45, 7) is 1.36. The fourth-order valence-corrected chi connectivity index (χ4v) is 3.27. The molecule has 0 unspecified atom stereocenters. The summed E-state index contributed by atoms with van der Waals surface area (Å²) in [5, 5.41) is 7.72. The molecule has 1 N–H and O–H groups in total. The normalized spacial score (nSPS) is 10.9. The minimum atomic E-state index is -0.463. The third kappa shape index (κ3) is 5.48. The van der Waals surface area contributed by atoms with E-state index in [-0.39, 0.29) is 13.2 Å². The second-order valence-electron chi connectivity index (χ2n) is 6.48. The van der Waals surface area contributed by atoms with Crippen molar-refractivity contribution in [3.63, 3.8) is 0 Å². The number of benzene rings is 2. The molecule has 7 nitrogen and oxygen atoms in total. The molecule has 0 spiro atoms. The lowest BCUT2D eigenvalue weighted by Gasteiger charge is -2.09. The lowest BCUT2D eigenvalue weighted by molar-refractivity contribution is 0.0814. The highest BCUT2D eigenvalue weighted by atomic mass is 79.9. The number of aromatic nitrogens is 2. The Morgan fingerprint density at radius 3 is 2.77 bits per heavy atom. The molecule has 0 aliphatic heterocycles. The zero-order valence-corrected chi connectivity index (χ0v) is 18.4. The van der Waals surface area contributed by atoms with Crippen molar-refractivity contribution in [1.29, 1.82) is 0 Å². The van der Waals surface area contributed by atoms with Crippen LogP contribution in [0.3, 0.4) is 0 Å². The number of halogens is 2. The van der Waals surface area contributed by atoms with Crippen molar-refractivity contribution < 1.29 is 23.4 Å². The second-order valence-corrected chi connectivity index (χ2v) is 7.39. The van der Waals surface area contributed by atoms with Gasteiger partial charge in [-0.1, -0.05) is 15.9 Å². The van der Waals surface area contributed by atoms with Gasteiger partial charge in [0, 0.05) is 48.6 Å². The Kier molecular flexibility index (Phi) is 7.64. The zero-order chi connectivity index (χ0) is 21.5. The molecule has 0 saturated heterocycles. The van der Waals surface area contributed by atoms with Gasteiger partial charge in [0.2, 0.25) is 0 Å². The maximum atomic E-state index is 14.7. The third-order valence-corrected chi connectivity index (χ3v) is 4.87. The SMILES string of the molecule is CNC(=O)OCCCOCCOc1ccc(-c2nn(C)c3cc(Br)ccc23)c(F)c1. The van der Waals surface area contributed by atoms with Crippen LogP contribution in [-0.2, 0) is 16.5 Å². The number of hydrogen-bond donors (Lipinski definition) is 1. The monoisotopic (exact) mass is 479 g/mol. The molecule has 0 radical (unpaired) electrons. The van der Waals surface area contributed by atoms with Crippen molar-refractivity contribution in [3.8, 4) is 17.0 Å². The number of fused-ring (bicyclic) bond motifs is 1. The number of nitrogens with zero attached hydrogens (tertiary/aromatic N) is 2. The fourth-order valence-electron chi connectivity index (χ4n) is 2.93. The van der Waals surface area contributed by atoms with Crippen LogP contribution in [0.15, 0.2) is 40.9 Å². The van der Waals surface area contributed by atoms with E-state index in [1.165, 1.54) is 13.1 Å². The van der Waals surface area contributed by atoms with E-state index in [1.807, 2.05) is 25.2 Å². The van der Waals surface area contributed by atoms with Crippen LogP contribution >= 0.6 is 15.9 Å². The average Bonchev–Trinajstić information content (AvgIpc) is 3.05. The van der Waals surface area contributed by atoms with Crippen LogP contribution in [0.25, 0.3) is 22.2 Å². The first-order chi connectivity index (χ1) is 14.5. The highest BCUT2D eigenvalue weighted by Crippen LogP contribution is 2.32. The van der Waals surface area contributed by atoms with Gasteiger partial charge < -0.3 is 19.5 Å². The minimum Gasteiger partial charge on any atom is -0.491 e. The average molecular weight is 480 g/mol. The number of nitrogens with one attached hydrogen (secondary N) is 1. The van der Waals surface area contributed by atoms with Gasteiger partial charge in [-0.3, -0.25) is 4.68 Å². The van der Waals surface area contributed by atoms with E-state index in [0.717, 1.165) is 15.4 Å². The molecule has 3 aromatic rings. The highest BCUT2D eigenvalue weighted by Gasteiger charge is 2.15. The van der Waals surface area contributed by atoms with Crippen LogP contribution in [0.2, 0.25) is 0 Å². The number of hydrogen-bond acceptors (Lipinski definition) is 5. The molecule has 1 aromatic heterocycles. The number of amides is 1. The highest BCUT2D eigenvalue weighted by molar-refractivity contribution is 9.10. The van der Waals surface area contributed by atoms with Crippen molar-refractivity contribution in [2.24, 2.45) is 7.05 Å². The molecule has 0 saturated carbocycles. The van der Waals surface area contributed by atoms with Crippen LogP contribution in [-0.4, -0.2) is 49.3 Å². The van der Waals surface area contributed by atoms with Crippen molar-refractivity contribution in [1.82, 2.24) is 15.1 Å². The number of aryl methyl sites for hydroxylation is 1. The predicted molar refractivity (Wildman–Crippen MR) is 115 cm³/mol. The molecule has 1 amide bonds. The lowest BCUT2D eigenvalue weighted by Crippen LogP contribution is -2.20. The summed E-state index contributed by atoms with van der Waals surface area (Å²) in [4.78, 5) is 10.9. The van der Waals surface area contributed by atoms with E-state index in [0.29, 0.717) is 36.6 Å². The summed E-state index contributed by atoms with van der Waals surface area (Å²) in [6, 6.07) is 10.5. The predicted octanol–water partition coefficient (Wildman–Crippen LogP) is 4.28. The van der Waals surface area contributed by atoms with Crippen LogP contribution in [0, 0.1) is 5.82 Å². The standard InChI is InChI=1S/C21H23BrFN3O4/c1-24-21(27)30-9-3-8-28-10-11-29-15-5-7-16(18(23)13-15)20-17-6-4-14(22)12-19(17)26(2)25-20/h4-7,12-13H,3,8-11H2,1-2H3,(H,24,27). The smallest absolute Gasteiger partial charge is 0.406 e. The minimum absolute atomic E-state index is 0.284. The van der Waals surface area contributed by atoms with Gasteiger partial charge in [0.25, 0.3) is 0 Å². The first-order valence-electron chi connectivity index (χ1n) is 9.47. The van der Waals surface area contributed by atoms with Crippen molar-refractivity contribution in [3.05, 3.63) is 46.7 Å². The largest absolute Gasteiger partial charge is 0.491 e. The number of ether oxygens (including phenoxy) is 3. The van der Waals surface area contributed by atoms with E-state index in [9.17, 15) is 9.18 Å². The van der Waals surface area contributed by atoms with Gasteiger partial charge in [0.05, 0.1) is 18.7 Å². The summed E-state index contributed by atoms with van der Waals surface area (Å²) in [6.07, 6.45) is 0.126. The zero-order valence-electron chi connectivity index (χ0n) is 16.8. The van der Waals surface area contributed by atoms with Crippen molar-refractivity contribution in [2.75, 3.05) is 33.5 Å². The fraction of sp³-hybridized carbons (Fsp3) is 0.333. The van der Waals surface area contributed by atoms with E-state index < -0.39 is 11.9 Å². The summed E-state index contributed by atoms with van der Waals surface area (Å²) >= 11 is 3.45. The topological polar surface area (TPSA) is 74.6 Å². The van der Waals surface area contributed by atoms with Gasteiger partial charge in [-0.25, -0.2) is 9.18 Å². The van der Waals surface area contributed by atoms with Gasteiger partial charge in [-0.05, 0) is 30.3 Å². The number of carbonyl (C=O) groups is 1. The number of carbonyl (C=O) groups excluding carboxylic acids is 1. The summed E-state index contributed by atoms with van der Waals surface area (Å²) in [7, 11) is 3.33. The summed E-state index contributed by atoms with van der Waals surface area (Å²) in [5.41, 5.74) is 1.92. The molecule has 3 rings (SSSR count). The van der Waals surface area contributed by atoms with Crippen molar-refractivity contribution >= 4 is 32.9 Å². The Balaban J connectivity index is 1.52. The van der Waals surface area contributed by atoms with E-state index in [1.54, 1.807) is 16.8 Å². The number of alkyl carbamates (subject to hydrolysis) is 1. The third-order valence-electron chi connectivity index (χ3n) is 4.38. The Hall–Kier alpha value is -2.65. The van der Waals surface area contributed by atoms with Crippen LogP contribution in [0.1, 0.15) is 6.42 Å². The molecular weight excluding hydrogens is 457 g/mol. The molecule has 9 heteroatoms. The molecule has 1 heterocycles. The molecule has 30 heavy (non-hydrogen) atoms. The summed E-state index contributed by atoms with van der Waals surface area (Å²) < 4.78 is 33.2. The van der Waals surface area contributed by atoms with Gasteiger partial charge in [-0.15, -0.1) is 0 Å². The molecule has 0 bridgehead atoms. The lowest BCUT2D eigenvalue weighted by atomic mass is 10.1. The summed E-state index contributed by atoms with van der Waals surface area (Å²) in [5.74, 6) is 0.0217. The van der Waals surface area contributed by atoms with Gasteiger partial charge in [-0.2, -0.15) is 5.10 Å². The quantitative estimate of drug-likeness (QED) is 0.463. The van der Waals surface area contributed by atoms with Gasteiger partial charge >= 0.3 is 6.09 Å². The Morgan fingerprint density at radius 1 is 1.17 bits per heavy atom. The second kappa shape index (κ2) is 10.4. The maximum absolute atomic E-state index is 14.7. The van der Waals surface area contributed by atoms with Gasteiger partial charge in [0.1, 0.15) is 23.9 Å². The first-order valence-corrected chi connectivity index (χ1v) is 10.3. The van der Waals surface area contributed by atoms with Crippen molar-refractivity contribution in [2.45, 2.75) is 6.42 Å². The molecule has 0 atom stereocenters. The Bertz CT molecular complexity index is 1020. The van der Waals surface area contributed by atoms with Gasteiger partial charge in [0.15, 0.2) is 0 Å². The molecule has 0 fully saturated rings. The molecule has 2 aromatic carbocycles. The molecular formula is C21H23BrFN3O4. The Labute approximate surface area is 182 Å². The van der Waals surface area contributed by atoms with E-state index >= 15 is 0 Å².